The molecule has 0 amide bonds. The molecule has 1 aliphatic heterocycles. The van der Waals surface area contributed by atoms with Gasteiger partial charge < -0.3 is 9.84 Å². The Morgan fingerprint density at radius 2 is 2.26 bits per heavy atom. The fourth-order valence-corrected chi connectivity index (χ4v) is 4.02. The van der Waals surface area contributed by atoms with Crippen molar-refractivity contribution in [3.63, 3.8) is 0 Å². The van der Waals surface area contributed by atoms with Gasteiger partial charge in [0.15, 0.2) is 0 Å². The second-order valence-corrected chi connectivity index (χ2v) is 6.47. The molecule has 1 N–H and O–H groups in total. The van der Waals surface area contributed by atoms with Crippen LogP contribution in [-0.2, 0) is 11.3 Å². The number of carboxylic acid groups (broad SMARTS) is 1. The molecular weight excluding hydrogens is 262 g/mol. The van der Waals surface area contributed by atoms with Crippen molar-refractivity contribution in [1.29, 1.82) is 0 Å². The van der Waals surface area contributed by atoms with Gasteiger partial charge in [-0.05, 0) is 25.0 Å². The van der Waals surface area contributed by atoms with Crippen LogP contribution in [0.25, 0.3) is 0 Å². The maximum absolute atomic E-state index is 10.9. The van der Waals surface area contributed by atoms with E-state index in [0.717, 1.165) is 24.6 Å². The zero-order chi connectivity index (χ0) is 13.2. The number of hydrogen-bond donors (Lipinski definition) is 1. The molecule has 0 aromatic carbocycles. The van der Waals surface area contributed by atoms with Gasteiger partial charge in [-0.25, -0.2) is 4.79 Å². The molecule has 1 saturated carbocycles. The van der Waals surface area contributed by atoms with E-state index in [1.54, 1.807) is 6.07 Å². The Bertz CT molecular complexity index is 457. The lowest BCUT2D eigenvalue weighted by Crippen LogP contribution is -2.51. The number of ether oxygens (including phenoxy) is 1. The number of fused-ring (bicyclic) bond motifs is 1. The molecule has 0 bridgehead atoms. The van der Waals surface area contributed by atoms with Crippen molar-refractivity contribution in [1.82, 2.24) is 4.90 Å². The molecule has 2 atom stereocenters. The molecule has 1 saturated heterocycles. The summed E-state index contributed by atoms with van der Waals surface area (Å²) in [5, 5.41) is 8.97. The van der Waals surface area contributed by atoms with Crippen molar-refractivity contribution < 1.29 is 14.6 Å². The second-order valence-electron chi connectivity index (χ2n) is 5.30. The summed E-state index contributed by atoms with van der Waals surface area (Å²) in [7, 11) is 0. The zero-order valence-corrected chi connectivity index (χ0v) is 11.7. The topological polar surface area (TPSA) is 49.8 Å². The standard InChI is InChI=1S/C14H19NO3S/c16-14(17)13-6-5-10(19-13)9-15-7-8-18-12-4-2-1-3-11(12)15/h5-6,11-12H,1-4,7-9H2,(H,16,17). The average Bonchev–Trinajstić information content (AvgIpc) is 2.88. The third-order valence-corrected chi connectivity index (χ3v) is 5.14. The molecule has 1 aromatic rings. The summed E-state index contributed by atoms with van der Waals surface area (Å²) in [5.74, 6) is -0.825. The van der Waals surface area contributed by atoms with E-state index in [-0.39, 0.29) is 0 Å². The molecule has 19 heavy (non-hydrogen) atoms. The van der Waals surface area contributed by atoms with Gasteiger partial charge >= 0.3 is 5.97 Å². The average molecular weight is 281 g/mol. The van der Waals surface area contributed by atoms with Gasteiger partial charge in [0.2, 0.25) is 0 Å². The Morgan fingerprint density at radius 3 is 3.05 bits per heavy atom. The van der Waals surface area contributed by atoms with E-state index >= 15 is 0 Å². The number of hydrogen-bond acceptors (Lipinski definition) is 4. The lowest BCUT2D eigenvalue weighted by Gasteiger charge is -2.43. The van der Waals surface area contributed by atoms with E-state index in [1.807, 2.05) is 6.07 Å². The first kappa shape index (κ1) is 13.1. The summed E-state index contributed by atoms with van der Waals surface area (Å²) in [6.45, 7) is 2.63. The summed E-state index contributed by atoms with van der Waals surface area (Å²) in [6.07, 6.45) is 5.33. The fraction of sp³-hybridized carbons (Fsp3) is 0.643. The number of nitrogens with zero attached hydrogens (tertiary/aromatic N) is 1. The van der Waals surface area contributed by atoms with Crippen LogP contribution in [0.1, 0.15) is 40.2 Å². The van der Waals surface area contributed by atoms with Crippen LogP contribution >= 0.6 is 11.3 Å². The summed E-state index contributed by atoms with van der Waals surface area (Å²) in [6, 6.07) is 4.18. The first-order valence-electron chi connectivity index (χ1n) is 6.92. The molecule has 3 rings (SSSR count). The van der Waals surface area contributed by atoms with E-state index in [9.17, 15) is 4.79 Å². The predicted octanol–water partition coefficient (Wildman–Crippen LogP) is 2.59. The smallest absolute Gasteiger partial charge is 0.345 e. The highest BCUT2D eigenvalue weighted by molar-refractivity contribution is 7.13. The number of aromatic carboxylic acids is 1. The lowest BCUT2D eigenvalue weighted by atomic mass is 9.90. The first-order chi connectivity index (χ1) is 9.24. The van der Waals surface area contributed by atoms with Gasteiger partial charge in [-0.3, -0.25) is 4.90 Å². The number of thiophene rings is 1. The molecule has 1 aliphatic carbocycles. The Hall–Kier alpha value is -0.910. The third-order valence-electron chi connectivity index (χ3n) is 4.08. The Morgan fingerprint density at radius 1 is 1.42 bits per heavy atom. The first-order valence-corrected chi connectivity index (χ1v) is 7.73. The van der Waals surface area contributed by atoms with Crippen molar-refractivity contribution >= 4 is 17.3 Å². The highest BCUT2D eigenvalue weighted by Gasteiger charge is 2.34. The molecule has 2 heterocycles. The molecule has 2 fully saturated rings. The van der Waals surface area contributed by atoms with Gasteiger partial charge in [0, 0.05) is 24.0 Å². The number of carboxylic acids is 1. The number of morpholine rings is 1. The molecule has 4 nitrogen and oxygen atoms in total. The van der Waals surface area contributed by atoms with Crippen LogP contribution in [0.4, 0.5) is 0 Å². The van der Waals surface area contributed by atoms with Crippen LogP contribution < -0.4 is 0 Å². The van der Waals surface area contributed by atoms with Crippen LogP contribution in [-0.4, -0.2) is 41.3 Å². The molecule has 0 radical (unpaired) electrons. The van der Waals surface area contributed by atoms with Gasteiger partial charge in [0.1, 0.15) is 4.88 Å². The summed E-state index contributed by atoms with van der Waals surface area (Å²) < 4.78 is 5.86. The van der Waals surface area contributed by atoms with Crippen LogP contribution in [0.5, 0.6) is 0 Å². The zero-order valence-electron chi connectivity index (χ0n) is 10.9. The molecule has 1 aromatic heterocycles. The number of rotatable bonds is 3. The molecule has 5 heteroatoms. The lowest BCUT2D eigenvalue weighted by molar-refractivity contribution is -0.0908. The van der Waals surface area contributed by atoms with E-state index < -0.39 is 5.97 Å². The minimum absolute atomic E-state index is 0.390. The minimum Gasteiger partial charge on any atom is -0.477 e. The normalized spacial score (nSPS) is 28.0. The molecular formula is C14H19NO3S. The van der Waals surface area contributed by atoms with E-state index in [2.05, 4.69) is 4.90 Å². The minimum atomic E-state index is -0.825. The maximum Gasteiger partial charge on any atom is 0.345 e. The maximum atomic E-state index is 10.9. The van der Waals surface area contributed by atoms with Crippen molar-refractivity contribution in [2.75, 3.05) is 13.2 Å². The summed E-state index contributed by atoms with van der Waals surface area (Å²) in [5.41, 5.74) is 0. The van der Waals surface area contributed by atoms with Gasteiger partial charge in [0.05, 0.1) is 12.7 Å². The van der Waals surface area contributed by atoms with Crippen molar-refractivity contribution in [2.24, 2.45) is 0 Å². The second kappa shape index (κ2) is 5.61. The van der Waals surface area contributed by atoms with E-state index in [0.29, 0.717) is 17.0 Å². The van der Waals surface area contributed by atoms with Crippen molar-refractivity contribution in [3.05, 3.63) is 21.9 Å². The number of carbonyl (C=O) groups is 1. The monoisotopic (exact) mass is 281 g/mol. The Kier molecular flexibility index (Phi) is 3.86. The van der Waals surface area contributed by atoms with E-state index in [4.69, 9.17) is 9.84 Å². The predicted molar refractivity (Wildman–Crippen MR) is 73.7 cm³/mol. The molecule has 104 valence electrons. The molecule has 2 aliphatic rings. The highest BCUT2D eigenvalue weighted by Crippen LogP contribution is 2.30. The third kappa shape index (κ3) is 2.83. The largest absolute Gasteiger partial charge is 0.477 e. The van der Waals surface area contributed by atoms with Gasteiger partial charge in [-0.1, -0.05) is 12.8 Å². The summed E-state index contributed by atoms with van der Waals surface area (Å²) >= 11 is 1.39. The van der Waals surface area contributed by atoms with Crippen molar-refractivity contribution in [2.45, 2.75) is 44.4 Å². The van der Waals surface area contributed by atoms with Gasteiger partial charge in [-0.2, -0.15) is 0 Å². The Labute approximate surface area is 117 Å². The fourth-order valence-electron chi connectivity index (χ4n) is 3.15. The van der Waals surface area contributed by atoms with Crippen molar-refractivity contribution in [3.8, 4) is 0 Å². The Balaban J connectivity index is 1.68. The van der Waals surface area contributed by atoms with Gasteiger partial charge in [0.25, 0.3) is 0 Å². The van der Waals surface area contributed by atoms with Crippen LogP contribution in [0, 0.1) is 0 Å². The van der Waals surface area contributed by atoms with Gasteiger partial charge in [-0.15, -0.1) is 11.3 Å². The van der Waals surface area contributed by atoms with Crippen LogP contribution in [0.3, 0.4) is 0 Å². The summed E-state index contributed by atoms with van der Waals surface area (Å²) in [4.78, 5) is 15.0. The molecule has 2 unspecified atom stereocenters. The van der Waals surface area contributed by atoms with E-state index in [1.165, 1.54) is 37.0 Å². The highest BCUT2D eigenvalue weighted by atomic mass is 32.1. The van der Waals surface area contributed by atoms with Crippen LogP contribution in [0.15, 0.2) is 12.1 Å². The SMILES string of the molecule is O=C(O)c1ccc(CN2CCOC3CCCCC32)s1. The quantitative estimate of drug-likeness (QED) is 0.925. The molecule has 0 spiro atoms. The van der Waals surface area contributed by atoms with Crippen LogP contribution in [0.2, 0.25) is 0 Å².